The smallest absolute Gasteiger partial charge is 0.423 e. The normalized spacial score (nSPS) is 16.5. The number of rotatable bonds is 1. The van der Waals surface area contributed by atoms with Crippen molar-refractivity contribution in [3.8, 4) is 0 Å². The molecule has 0 saturated heterocycles. The molecule has 2 N–H and O–H groups in total. The highest BCUT2D eigenvalue weighted by Gasteiger charge is 2.40. The summed E-state index contributed by atoms with van der Waals surface area (Å²) in [4.78, 5) is 0. The van der Waals surface area contributed by atoms with Gasteiger partial charge in [0.05, 0.1) is 5.57 Å². The zero-order chi connectivity index (χ0) is 10.9. The molecule has 0 radical (unpaired) electrons. The largest absolute Gasteiger partial charge is 0.489 e. The van der Waals surface area contributed by atoms with E-state index in [2.05, 4.69) is 6.58 Å². The van der Waals surface area contributed by atoms with Gasteiger partial charge in [-0.15, -0.1) is 5.73 Å². The van der Waals surface area contributed by atoms with Crippen LogP contribution >= 0.6 is 0 Å². The van der Waals surface area contributed by atoms with Gasteiger partial charge in [0.2, 0.25) is 0 Å². The van der Waals surface area contributed by atoms with Gasteiger partial charge in [0.25, 0.3) is 0 Å². The van der Waals surface area contributed by atoms with E-state index in [1.807, 2.05) is 5.73 Å². The van der Waals surface area contributed by atoms with E-state index in [1.54, 1.807) is 0 Å². The Kier molecular flexibility index (Phi) is 2.71. The van der Waals surface area contributed by atoms with Gasteiger partial charge in [-0.1, -0.05) is 12.7 Å². The van der Waals surface area contributed by atoms with Crippen molar-refractivity contribution >= 4 is 7.12 Å². The molecule has 0 fully saturated rings. The molecule has 0 aromatic heterocycles. The average molecular weight is 202 g/mol. The first-order valence-corrected chi connectivity index (χ1v) is 3.63. The van der Waals surface area contributed by atoms with Gasteiger partial charge in [0.1, 0.15) is 0 Å². The maximum absolute atomic E-state index is 12.3. The molecule has 74 valence electrons. The lowest BCUT2D eigenvalue weighted by Gasteiger charge is -2.15. The van der Waals surface area contributed by atoms with Crippen LogP contribution in [0.25, 0.3) is 0 Å². The molecular weight excluding hydrogens is 196 g/mol. The highest BCUT2D eigenvalue weighted by atomic mass is 19.4. The third kappa shape index (κ3) is 2.17. The molecule has 0 heterocycles. The number of allylic oxidation sites excluding steroid dienone is 4. The van der Waals surface area contributed by atoms with Crippen LogP contribution in [0.15, 0.2) is 41.1 Å². The predicted molar refractivity (Wildman–Crippen MR) is 45.1 cm³/mol. The molecule has 6 heteroatoms. The molecule has 0 aromatic rings. The summed E-state index contributed by atoms with van der Waals surface area (Å²) in [5, 5.41) is 17.4. The second-order valence-electron chi connectivity index (χ2n) is 2.71. The van der Waals surface area contributed by atoms with Crippen LogP contribution in [-0.4, -0.2) is 23.3 Å². The zero-order valence-corrected chi connectivity index (χ0v) is 6.97. The number of halogens is 3. The minimum absolute atomic E-state index is 0.237. The van der Waals surface area contributed by atoms with E-state index in [9.17, 15) is 13.2 Å². The molecule has 0 atom stereocenters. The molecule has 1 aliphatic rings. The highest BCUT2D eigenvalue weighted by Crippen LogP contribution is 2.33. The fourth-order valence-corrected chi connectivity index (χ4v) is 1.01. The molecule has 2 nitrogen and oxygen atoms in total. The van der Waals surface area contributed by atoms with Crippen LogP contribution in [0.3, 0.4) is 0 Å². The van der Waals surface area contributed by atoms with E-state index in [0.717, 1.165) is 12.2 Å². The predicted octanol–water partition coefficient (Wildman–Crippen LogP) is 1.14. The second kappa shape index (κ2) is 3.50. The first-order valence-electron chi connectivity index (χ1n) is 3.63. The summed E-state index contributed by atoms with van der Waals surface area (Å²) in [6.45, 7) is 3.37. The molecule has 1 rings (SSSR count). The van der Waals surface area contributed by atoms with Crippen molar-refractivity contribution in [2.45, 2.75) is 6.18 Å². The quantitative estimate of drug-likeness (QED) is 0.494. The first kappa shape index (κ1) is 10.9. The second-order valence-corrected chi connectivity index (χ2v) is 2.71. The van der Waals surface area contributed by atoms with Crippen molar-refractivity contribution in [2.24, 2.45) is 0 Å². The number of hydrogen-bond donors (Lipinski definition) is 2. The minimum Gasteiger partial charge on any atom is -0.423 e. The van der Waals surface area contributed by atoms with Gasteiger partial charge in [-0.05, 0) is 11.6 Å². The molecule has 1 aliphatic carbocycles. The molecule has 0 saturated carbocycles. The van der Waals surface area contributed by atoms with Crippen LogP contribution in [-0.2, 0) is 0 Å². The lowest BCUT2D eigenvalue weighted by Crippen LogP contribution is -2.25. The lowest BCUT2D eigenvalue weighted by atomic mass is 9.72. The summed E-state index contributed by atoms with van der Waals surface area (Å²) in [5.41, 5.74) is 0.341. The van der Waals surface area contributed by atoms with Crippen LogP contribution in [0.4, 0.5) is 13.2 Å². The Morgan fingerprint density at radius 2 is 1.93 bits per heavy atom. The van der Waals surface area contributed by atoms with E-state index in [-0.39, 0.29) is 5.57 Å². The Morgan fingerprint density at radius 1 is 1.36 bits per heavy atom. The van der Waals surface area contributed by atoms with E-state index in [4.69, 9.17) is 10.0 Å². The lowest BCUT2D eigenvalue weighted by molar-refractivity contribution is -0.0888. The Morgan fingerprint density at radius 3 is 2.36 bits per heavy atom. The van der Waals surface area contributed by atoms with Gasteiger partial charge < -0.3 is 10.0 Å². The van der Waals surface area contributed by atoms with Gasteiger partial charge in [-0.25, -0.2) is 0 Å². The fourth-order valence-electron chi connectivity index (χ4n) is 1.01. The van der Waals surface area contributed by atoms with Gasteiger partial charge in [0, 0.05) is 5.47 Å². The van der Waals surface area contributed by atoms with Crippen LogP contribution in [0.5, 0.6) is 0 Å². The monoisotopic (exact) mass is 202 g/mol. The summed E-state index contributed by atoms with van der Waals surface area (Å²) < 4.78 is 36.8. The van der Waals surface area contributed by atoms with Crippen molar-refractivity contribution in [3.05, 3.63) is 41.1 Å². The summed E-state index contributed by atoms with van der Waals surface area (Å²) in [7, 11) is -2.18. The SMILES string of the molecule is C=C1C=C=C(C(F)(F)F)C(B(O)O)=C1. The third-order valence-corrected chi connectivity index (χ3v) is 1.59. The minimum atomic E-state index is -4.65. The van der Waals surface area contributed by atoms with E-state index < -0.39 is 24.3 Å². The summed E-state index contributed by atoms with van der Waals surface area (Å²) in [5.74, 6) is 0. The van der Waals surface area contributed by atoms with Crippen LogP contribution in [0.1, 0.15) is 0 Å². The number of alkyl halides is 3. The molecular formula is C8H6BF3O2. The van der Waals surface area contributed by atoms with Crippen molar-refractivity contribution < 1.29 is 23.2 Å². The van der Waals surface area contributed by atoms with Crippen LogP contribution in [0.2, 0.25) is 0 Å². The summed E-state index contributed by atoms with van der Waals surface area (Å²) in [6.07, 6.45) is -2.65. The average Bonchev–Trinajstić information content (AvgIpc) is 2.01. The molecule has 14 heavy (non-hydrogen) atoms. The van der Waals surface area contributed by atoms with Gasteiger partial charge in [0.15, 0.2) is 0 Å². The standard InChI is InChI=1S/C8H6BF3O2/c1-5-2-3-6(8(10,11)12)7(4-5)9(13)14/h2,4,13-14H,1H2. The van der Waals surface area contributed by atoms with Gasteiger partial charge in [-0.3, -0.25) is 0 Å². The molecule has 0 unspecified atom stereocenters. The first-order chi connectivity index (χ1) is 6.32. The highest BCUT2D eigenvalue weighted by molar-refractivity contribution is 6.52. The van der Waals surface area contributed by atoms with E-state index >= 15 is 0 Å². The molecule has 0 spiro atoms. The van der Waals surface area contributed by atoms with Crippen LogP contribution < -0.4 is 0 Å². The van der Waals surface area contributed by atoms with Crippen molar-refractivity contribution in [1.29, 1.82) is 0 Å². The zero-order valence-electron chi connectivity index (χ0n) is 6.97. The number of hydrogen-bond acceptors (Lipinski definition) is 2. The molecule has 0 amide bonds. The Hall–Kier alpha value is -1.23. The molecule has 0 aromatic carbocycles. The molecule has 0 bridgehead atoms. The Balaban J connectivity index is 3.23. The van der Waals surface area contributed by atoms with E-state index in [1.165, 1.54) is 0 Å². The topological polar surface area (TPSA) is 40.5 Å². The summed E-state index contributed by atoms with van der Waals surface area (Å²) in [6, 6.07) is 0. The summed E-state index contributed by atoms with van der Waals surface area (Å²) >= 11 is 0. The Labute approximate surface area is 78.5 Å². The van der Waals surface area contributed by atoms with Crippen molar-refractivity contribution in [2.75, 3.05) is 0 Å². The Bertz CT molecular complexity index is 359. The molecule has 0 aliphatic heterocycles. The van der Waals surface area contributed by atoms with Crippen LogP contribution in [0, 0.1) is 0 Å². The van der Waals surface area contributed by atoms with Crippen molar-refractivity contribution in [1.82, 2.24) is 0 Å². The van der Waals surface area contributed by atoms with Gasteiger partial charge >= 0.3 is 13.3 Å². The fraction of sp³-hybridized carbons (Fsp3) is 0.125. The van der Waals surface area contributed by atoms with E-state index in [0.29, 0.717) is 0 Å². The maximum Gasteiger partial charge on any atom is 0.489 e. The maximum atomic E-state index is 12.3. The van der Waals surface area contributed by atoms with Crippen molar-refractivity contribution in [3.63, 3.8) is 0 Å². The van der Waals surface area contributed by atoms with Gasteiger partial charge in [-0.2, -0.15) is 13.2 Å². The third-order valence-electron chi connectivity index (χ3n) is 1.59.